The summed E-state index contributed by atoms with van der Waals surface area (Å²) in [5.41, 5.74) is 9.42. The van der Waals surface area contributed by atoms with Crippen molar-refractivity contribution in [3.8, 4) is 0 Å². The molecule has 20 heavy (non-hydrogen) atoms. The fourth-order valence-electron chi connectivity index (χ4n) is 2.09. The second-order valence-electron chi connectivity index (χ2n) is 4.88. The molecule has 0 radical (unpaired) electrons. The SMILES string of the molecule is Cc1nc(N)nc(Nc2c(C)c(C)c(C)c(C)c2F)n1. The van der Waals surface area contributed by atoms with Crippen molar-refractivity contribution in [3.05, 3.63) is 33.9 Å². The summed E-state index contributed by atoms with van der Waals surface area (Å²) >= 11 is 0. The van der Waals surface area contributed by atoms with E-state index in [1.165, 1.54) is 0 Å². The van der Waals surface area contributed by atoms with Gasteiger partial charge in [0.2, 0.25) is 11.9 Å². The number of rotatable bonds is 2. The molecule has 0 fully saturated rings. The Hall–Kier alpha value is -2.24. The summed E-state index contributed by atoms with van der Waals surface area (Å²) in [5.74, 6) is 0.555. The highest BCUT2D eigenvalue weighted by atomic mass is 19.1. The van der Waals surface area contributed by atoms with Gasteiger partial charge in [-0.25, -0.2) is 4.39 Å². The van der Waals surface area contributed by atoms with Crippen LogP contribution in [0.4, 0.5) is 22.0 Å². The molecule has 6 heteroatoms. The third-order valence-corrected chi connectivity index (χ3v) is 3.61. The molecule has 106 valence electrons. The Morgan fingerprint density at radius 1 is 0.850 bits per heavy atom. The first-order valence-corrected chi connectivity index (χ1v) is 6.32. The lowest BCUT2D eigenvalue weighted by molar-refractivity contribution is 0.619. The summed E-state index contributed by atoms with van der Waals surface area (Å²) in [7, 11) is 0. The fraction of sp³-hybridized carbons (Fsp3) is 0.357. The minimum Gasteiger partial charge on any atom is -0.368 e. The molecule has 0 atom stereocenters. The number of anilines is 3. The molecule has 0 unspecified atom stereocenters. The number of benzene rings is 1. The third kappa shape index (κ3) is 2.41. The lowest BCUT2D eigenvalue weighted by Crippen LogP contribution is -2.08. The van der Waals surface area contributed by atoms with Gasteiger partial charge in [-0.1, -0.05) is 0 Å². The van der Waals surface area contributed by atoms with Crippen LogP contribution < -0.4 is 11.1 Å². The summed E-state index contributed by atoms with van der Waals surface area (Å²) in [6, 6.07) is 0. The normalized spacial score (nSPS) is 10.7. The van der Waals surface area contributed by atoms with Crippen LogP contribution in [0, 0.1) is 40.4 Å². The summed E-state index contributed by atoms with van der Waals surface area (Å²) in [6.45, 7) is 9.21. The first kappa shape index (κ1) is 14.2. The van der Waals surface area contributed by atoms with Gasteiger partial charge in [0.25, 0.3) is 0 Å². The average molecular weight is 275 g/mol. The van der Waals surface area contributed by atoms with E-state index in [4.69, 9.17) is 5.73 Å². The Labute approximate surface area is 117 Å². The number of hydrogen-bond donors (Lipinski definition) is 2. The number of aromatic nitrogens is 3. The molecular formula is C14H18FN5. The number of halogens is 1. The molecule has 0 aliphatic heterocycles. The number of aryl methyl sites for hydroxylation is 1. The monoisotopic (exact) mass is 275 g/mol. The molecule has 0 aliphatic carbocycles. The molecule has 1 aromatic heterocycles. The van der Waals surface area contributed by atoms with Crippen molar-refractivity contribution in [2.75, 3.05) is 11.1 Å². The highest BCUT2D eigenvalue weighted by Crippen LogP contribution is 2.30. The van der Waals surface area contributed by atoms with Crippen LogP contribution in [0.2, 0.25) is 0 Å². The molecular weight excluding hydrogens is 257 g/mol. The highest BCUT2D eigenvalue weighted by molar-refractivity contribution is 5.65. The average Bonchev–Trinajstić information content (AvgIpc) is 2.38. The summed E-state index contributed by atoms with van der Waals surface area (Å²) in [5, 5.41) is 2.91. The van der Waals surface area contributed by atoms with Gasteiger partial charge >= 0.3 is 0 Å². The van der Waals surface area contributed by atoms with E-state index in [1.807, 2.05) is 20.8 Å². The predicted octanol–water partition coefficient (Wildman–Crippen LogP) is 2.88. The van der Waals surface area contributed by atoms with Gasteiger partial charge in [-0.3, -0.25) is 0 Å². The lowest BCUT2D eigenvalue weighted by atomic mass is 9.97. The number of nitrogens with two attached hydrogens (primary N) is 1. The molecule has 0 aliphatic rings. The van der Waals surface area contributed by atoms with Crippen molar-refractivity contribution in [1.82, 2.24) is 15.0 Å². The molecule has 1 heterocycles. The van der Waals surface area contributed by atoms with Crippen LogP contribution in [0.15, 0.2) is 0 Å². The van der Waals surface area contributed by atoms with Crippen LogP contribution in [0.1, 0.15) is 28.1 Å². The Bertz CT molecular complexity index is 632. The molecule has 0 saturated carbocycles. The summed E-state index contributed by atoms with van der Waals surface area (Å²) < 4.78 is 14.4. The second-order valence-corrected chi connectivity index (χ2v) is 4.88. The maximum atomic E-state index is 14.4. The van der Waals surface area contributed by atoms with Gasteiger partial charge in [0, 0.05) is 0 Å². The van der Waals surface area contributed by atoms with Crippen LogP contribution in [0.5, 0.6) is 0 Å². The van der Waals surface area contributed by atoms with E-state index >= 15 is 0 Å². The number of hydrogen-bond acceptors (Lipinski definition) is 5. The Balaban J connectivity index is 2.54. The van der Waals surface area contributed by atoms with Crippen molar-refractivity contribution in [3.63, 3.8) is 0 Å². The van der Waals surface area contributed by atoms with Crippen LogP contribution >= 0.6 is 0 Å². The maximum Gasteiger partial charge on any atom is 0.232 e. The van der Waals surface area contributed by atoms with E-state index < -0.39 is 0 Å². The van der Waals surface area contributed by atoms with E-state index in [-0.39, 0.29) is 17.7 Å². The molecule has 5 nitrogen and oxygen atoms in total. The van der Waals surface area contributed by atoms with E-state index in [0.717, 1.165) is 16.7 Å². The van der Waals surface area contributed by atoms with Crippen molar-refractivity contribution >= 4 is 17.6 Å². The Morgan fingerprint density at radius 2 is 1.45 bits per heavy atom. The molecule has 0 bridgehead atoms. The van der Waals surface area contributed by atoms with Crippen molar-refractivity contribution in [1.29, 1.82) is 0 Å². The number of nitrogen functional groups attached to an aromatic ring is 1. The van der Waals surface area contributed by atoms with E-state index in [0.29, 0.717) is 17.1 Å². The Kier molecular flexibility index (Phi) is 3.57. The summed E-state index contributed by atoms with van der Waals surface area (Å²) in [6.07, 6.45) is 0. The van der Waals surface area contributed by atoms with Gasteiger partial charge in [-0.05, 0) is 56.9 Å². The minimum atomic E-state index is -0.290. The molecule has 0 saturated heterocycles. The number of nitrogens with one attached hydrogen (secondary N) is 1. The standard InChI is InChI=1S/C14H18FN5/c1-6-7(2)9(4)12(11(15)8(6)3)19-14-18-10(5)17-13(16)20-14/h1-5H3,(H3,16,17,18,19,20). The first-order valence-electron chi connectivity index (χ1n) is 6.32. The summed E-state index contributed by atoms with van der Waals surface area (Å²) in [4.78, 5) is 12.0. The van der Waals surface area contributed by atoms with Gasteiger partial charge in [0.05, 0.1) is 5.69 Å². The zero-order chi connectivity index (χ0) is 15.0. The molecule has 3 N–H and O–H groups in total. The smallest absolute Gasteiger partial charge is 0.232 e. The predicted molar refractivity (Wildman–Crippen MR) is 77.6 cm³/mol. The molecule has 0 amide bonds. The van der Waals surface area contributed by atoms with Crippen LogP contribution in [0.25, 0.3) is 0 Å². The van der Waals surface area contributed by atoms with E-state index in [9.17, 15) is 4.39 Å². The highest BCUT2D eigenvalue weighted by Gasteiger charge is 2.16. The zero-order valence-electron chi connectivity index (χ0n) is 12.3. The fourth-order valence-corrected chi connectivity index (χ4v) is 2.09. The van der Waals surface area contributed by atoms with Gasteiger partial charge in [0.15, 0.2) is 0 Å². The molecule has 1 aromatic carbocycles. The third-order valence-electron chi connectivity index (χ3n) is 3.61. The molecule has 0 spiro atoms. The quantitative estimate of drug-likeness (QED) is 0.881. The zero-order valence-corrected chi connectivity index (χ0v) is 12.3. The van der Waals surface area contributed by atoms with Crippen LogP contribution in [-0.4, -0.2) is 15.0 Å². The maximum absolute atomic E-state index is 14.4. The molecule has 2 rings (SSSR count). The molecule has 2 aromatic rings. The first-order chi connectivity index (χ1) is 9.31. The van der Waals surface area contributed by atoms with Crippen molar-refractivity contribution < 1.29 is 4.39 Å². The van der Waals surface area contributed by atoms with Gasteiger partial charge < -0.3 is 11.1 Å². The van der Waals surface area contributed by atoms with Crippen LogP contribution in [0.3, 0.4) is 0 Å². The van der Waals surface area contributed by atoms with Gasteiger partial charge in [-0.15, -0.1) is 0 Å². The number of nitrogens with zero attached hydrogens (tertiary/aromatic N) is 3. The Morgan fingerprint density at radius 3 is 2.05 bits per heavy atom. The van der Waals surface area contributed by atoms with Crippen LogP contribution in [-0.2, 0) is 0 Å². The minimum absolute atomic E-state index is 0.110. The van der Waals surface area contributed by atoms with Crippen molar-refractivity contribution in [2.24, 2.45) is 0 Å². The van der Waals surface area contributed by atoms with E-state index in [1.54, 1.807) is 13.8 Å². The largest absolute Gasteiger partial charge is 0.368 e. The van der Waals surface area contributed by atoms with Gasteiger partial charge in [-0.2, -0.15) is 15.0 Å². The topological polar surface area (TPSA) is 76.7 Å². The van der Waals surface area contributed by atoms with E-state index in [2.05, 4.69) is 20.3 Å². The lowest BCUT2D eigenvalue weighted by Gasteiger charge is -2.16. The second kappa shape index (κ2) is 5.03. The van der Waals surface area contributed by atoms with Gasteiger partial charge in [0.1, 0.15) is 11.6 Å². The van der Waals surface area contributed by atoms with Crippen molar-refractivity contribution in [2.45, 2.75) is 34.6 Å².